The molecule has 1 aromatic rings. The third kappa shape index (κ3) is 8.03. The van der Waals surface area contributed by atoms with Crippen LogP contribution in [0.5, 0.6) is 0 Å². The Morgan fingerprint density at radius 2 is 1.86 bits per heavy atom. The van der Waals surface area contributed by atoms with E-state index in [1.807, 2.05) is 7.05 Å². The van der Waals surface area contributed by atoms with Crippen LogP contribution in [-0.2, 0) is 22.6 Å². The maximum atomic E-state index is 5.99. The van der Waals surface area contributed by atoms with E-state index in [1.54, 1.807) is 0 Å². The zero-order valence-corrected chi connectivity index (χ0v) is 20.2. The molecular weight excluding hydrogens is 479 g/mol. The van der Waals surface area contributed by atoms with Crippen LogP contribution in [0.1, 0.15) is 43.7 Å². The molecule has 29 heavy (non-hydrogen) atoms. The fourth-order valence-electron chi connectivity index (χ4n) is 3.97. The van der Waals surface area contributed by atoms with Crippen molar-refractivity contribution < 1.29 is 9.47 Å². The molecule has 7 heteroatoms. The highest BCUT2D eigenvalue weighted by atomic mass is 127. The van der Waals surface area contributed by atoms with Crippen molar-refractivity contribution in [3.8, 4) is 0 Å². The van der Waals surface area contributed by atoms with Gasteiger partial charge in [0, 0.05) is 39.4 Å². The first kappa shape index (κ1) is 24.4. The largest absolute Gasteiger partial charge is 0.381 e. The highest BCUT2D eigenvalue weighted by Gasteiger charge is 2.22. The zero-order valence-electron chi connectivity index (χ0n) is 17.9. The molecule has 0 aliphatic carbocycles. The lowest BCUT2D eigenvalue weighted by atomic mass is 10.1. The predicted molar refractivity (Wildman–Crippen MR) is 129 cm³/mol. The van der Waals surface area contributed by atoms with Gasteiger partial charge in [-0.25, -0.2) is 0 Å². The van der Waals surface area contributed by atoms with Gasteiger partial charge in [0.25, 0.3) is 0 Å². The van der Waals surface area contributed by atoms with Crippen LogP contribution in [0.2, 0.25) is 0 Å². The highest BCUT2D eigenvalue weighted by Crippen LogP contribution is 2.16. The van der Waals surface area contributed by atoms with E-state index < -0.39 is 0 Å². The number of likely N-dealkylation sites (tertiary alicyclic amines) is 1. The lowest BCUT2D eigenvalue weighted by molar-refractivity contribution is -0.0390. The molecule has 3 rings (SSSR count). The van der Waals surface area contributed by atoms with E-state index in [1.165, 1.54) is 30.5 Å². The van der Waals surface area contributed by atoms with Crippen molar-refractivity contribution in [1.29, 1.82) is 0 Å². The molecule has 1 atom stereocenters. The molecule has 0 amide bonds. The quantitative estimate of drug-likeness (QED) is 0.316. The molecule has 2 fully saturated rings. The van der Waals surface area contributed by atoms with Crippen LogP contribution in [0.25, 0.3) is 0 Å². The van der Waals surface area contributed by atoms with Crippen LogP contribution in [0, 0.1) is 0 Å². The van der Waals surface area contributed by atoms with E-state index in [9.17, 15) is 0 Å². The molecule has 0 radical (unpaired) electrons. The number of guanidine groups is 1. The Morgan fingerprint density at radius 1 is 1.14 bits per heavy atom. The van der Waals surface area contributed by atoms with Gasteiger partial charge in [-0.2, -0.15) is 0 Å². The molecule has 0 aromatic heterocycles. The number of hydrogen-bond donors (Lipinski definition) is 2. The number of rotatable bonds is 8. The second kappa shape index (κ2) is 13.4. The van der Waals surface area contributed by atoms with Gasteiger partial charge in [0.05, 0.1) is 12.7 Å². The average Bonchev–Trinajstić information content (AvgIpc) is 3.21. The van der Waals surface area contributed by atoms with Gasteiger partial charge >= 0.3 is 0 Å². The molecule has 2 aliphatic heterocycles. The van der Waals surface area contributed by atoms with Crippen molar-refractivity contribution >= 4 is 29.9 Å². The smallest absolute Gasteiger partial charge is 0.191 e. The Morgan fingerprint density at radius 3 is 2.55 bits per heavy atom. The van der Waals surface area contributed by atoms with Crippen LogP contribution < -0.4 is 10.6 Å². The minimum Gasteiger partial charge on any atom is -0.381 e. The first-order valence-electron chi connectivity index (χ1n) is 10.7. The van der Waals surface area contributed by atoms with Gasteiger partial charge in [-0.05, 0) is 49.9 Å². The van der Waals surface area contributed by atoms with Crippen LogP contribution >= 0.6 is 24.0 Å². The summed E-state index contributed by atoms with van der Waals surface area (Å²) in [5.41, 5.74) is 2.47. The van der Waals surface area contributed by atoms with E-state index in [2.05, 4.69) is 51.7 Å². The summed E-state index contributed by atoms with van der Waals surface area (Å²) in [6, 6.07) is 9.27. The van der Waals surface area contributed by atoms with Crippen molar-refractivity contribution in [1.82, 2.24) is 15.5 Å². The van der Waals surface area contributed by atoms with Crippen molar-refractivity contribution in [2.75, 3.05) is 39.9 Å². The van der Waals surface area contributed by atoms with Gasteiger partial charge in [0.15, 0.2) is 5.96 Å². The summed E-state index contributed by atoms with van der Waals surface area (Å²) in [4.78, 5) is 6.90. The Kier molecular flexibility index (Phi) is 11.3. The lowest BCUT2D eigenvalue weighted by Gasteiger charge is -2.24. The lowest BCUT2D eigenvalue weighted by Crippen LogP contribution is -2.44. The van der Waals surface area contributed by atoms with Crippen molar-refractivity contribution in [2.24, 2.45) is 4.99 Å². The Balaban J connectivity index is 0.00000300. The van der Waals surface area contributed by atoms with Gasteiger partial charge in [-0.1, -0.05) is 31.2 Å². The first-order valence-corrected chi connectivity index (χ1v) is 10.7. The molecule has 2 saturated heterocycles. The van der Waals surface area contributed by atoms with Gasteiger partial charge in [0.1, 0.15) is 0 Å². The molecule has 1 unspecified atom stereocenters. The van der Waals surface area contributed by atoms with Crippen molar-refractivity contribution in [3.05, 3.63) is 35.4 Å². The monoisotopic (exact) mass is 516 g/mol. The molecular formula is C22H37IN4O2. The molecule has 0 saturated carbocycles. The Labute approximate surface area is 192 Å². The van der Waals surface area contributed by atoms with Crippen molar-refractivity contribution in [2.45, 2.75) is 57.9 Å². The van der Waals surface area contributed by atoms with Gasteiger partial charge in [-0.3, -0.25) is 9.89 Å². The molecule has 164 valence electrons. The summed E-state index contributed by atoms with van der Waals surface area (Å²) >= 11 is 0. The molecule has 0 bridgehead atoms. The van der Waals surface area contributed by atoms with E-state index in [0.29, 0.717) is 18.8 Å². The molecule has 1 aromatic carbocycles. The molecule has 6 nitrogen and oxygen atoms in total. The number of hydrogen-bond acceptors (Lipinski definition) is 4. The van der Waals surface area contributed by atoms with E-state index >= 15 is 0 Å². The minimum absolute atomic E-state index is 0. The summed E-state index contributed by atoms with van der Waals surface area (Å²) in [6.07, 6.45) is 4.93. The van der Waals surface area contributed by atoms with Gasteiger partial charge < -0.3 is 20.1 Å². The zero-order chi connectivity index (χ0) is 19.6. The molecule has 2 heterocycles. The Bertz CT molecular complexity index is 605. The predicted octanol–water partition coefficient (Wildman–Crippen LogP) is 3.15. The highest BCUT2D eigenvalue weighted by molar-refractivity contribution is 14.0. The number of ether oxygens (including phenoxy) is 2. The third-order valence-electron chi connectivity index (χ3n) is 5.77. The van der Waals surface area contributed by atoms with E-state index in [0.717, 1.165) is 51.6 Å². The second-order valence-corrected chi connectivity index (χ2v) is 7.67. The second-order valence-electron chi connectivity index (χ2n) is 7.67. The van der Waals surface area contributed by atoms with Crippen LogP contribution in [-0.4, -0.2) is 62.9 Å². The summed E-state index contributed by atoms with van der Waals surface area (Å²) in [7, 11) is 1.83. The van der Waals surface area contributed by atoms with E-state index in [-0.39, 0.29) is 24.0 Å². The van der Waals surface area contributed by atoms with Crippen LogP contribution in [0.15, 0.2) is 29.3 Å². The topological polar surface area (TPSA) is 58.1 Å². The van der Waals surface area contributed by atoms with Crippen LogP contribution in [0.3, 0.4) is 0 Å². The summed E-state index contributed by atoms with van der Waals surface area (Å²) < 4.78 is 11.4. The standard InChI is InChI=1S/C22H36N4O2.HI/c1-3-26-12-4-5-20(26)16-25-22(23-2)24-15-18-6-8-19(9-7-18)17-28-21-10-13-27-14-11-21;/h6-9,20-21H,3-5,10-17H2,1-2H3,(H2,23,24,25);1H. The van der Waals surface area contributed by atoms with E-state index in [4.69, 9.17) is 9.47 Å². The fourth-order valence-corrected chi connectivity index (χ4v) is 3.97. The number of nitrogens with zero attached hydrogens (tertiary/aromatic N) is 2. The van der Waals surface area contributed by atoms with Gasteiger partial charge in [0.2, 0.25) is 0 Å². The number of nitrogens with one attached hydrogen (secondary N) is 2. The summed E-state index contributed by atoms with van der Waals surface area (Å²) in [5, 5.41) is 6.90. The Hall–Kier alpha value is -0.900. The number of halogens is 1. The maximum Gasteiger partial charge on any atom is 0.191 e. The number of likely N-dealkylation sites (N-methyl/N-ethyl adjacent to an activating group) is 1. The maximum absolute atomic E-state index is 5.99. The summed E-state index contributed by atoms with van der Waals surface area (Å²) in [6.45, 7) is 8.63. The van der Waals surface area contributed by atoms with Crippen LogP contribution in [0.4, 0.5) is 0 Å². The number of benzene rings is 1. The first-order chi connectivity index (χ1) is 13.8. The minimum atomic E-state index is 0. The fraction of sp³-hybridized carbons (Fsp3) is 0.682. The normalized spacial score (nSPS) is 21.0. The SMILES string of the molecule is CCN1CCCC1CNC(=NC)NCc1ccc(COC2CCOCC2)cc1.I. The molecule has 2 aliphatic rings. The molecule has 0 spiro atoms. The summed E-state index contributed by atoms with van der Waals surface area (Å²) in [5.74, 6) is 0.870. The number of aliphatic imine (C=N–C) groups is 1. The van der Waals surface area contributed by atoms with Gasteiger partial charge in [-0.15, -0.1) is 24.0 Å². The third-order valence-corrected chi connectivity index (χ3v) is 5.77. The average molecular weight is 516 g/mol. The molecule has 2 N–H and O–H groups in total. The van der Waals surface area contributed by atoms with Crippen molar-refractivity contribution in [3.63, 3.8) is 0 Å².